The van der Waals surface area contributed by atoms with Gasteiger partial charge in [-0.2, -0.15) is 25.3 Å². The van der Waals surface area contributed by atoms with Crippen LogP contribution >= 0.6 is 25.3 Å². The lowest BCUT2D eigenvalue weighted by molar-refractivity contribution is -0.142. The summed E-state index contributed by atoms with van der Waals surface area (Å²) in [6.45, 7) is 3.13. The predicted octanol–water partition coefficient (Wildman–Crippen LogP) is -3.10. The van der Waals surface area contributed by atoms with Crippen molar-refractivity contribution in [2.75, 3.05) is 31.1 Å². The minimum Gasteiger partial charge on any atom is -0.508 e. The number of phenolic OH excluding ortho intramolecular Hbond substituents is 1. The van der Waals surface area contributed by atoms with Crippen molar-refractivity contribution in [3.05, 3.63) is 65.7 Å². The average Bonchev–Trinajstić information content (AvgIpc) is 3.85. The molecule has 400 valence electrons. The molecule has 0 saturated carbocycles. The SMILES string of the molecule is CC[C@H](C)[C@H](NC(=O)[C@H](CC(N)=O)NC(=O)[C@H](Cc1ccccc1)NC(=O)[C@H](Cc1ccc(O)cc1)NC(=O)CCS)C(=O)N[C@@H](CS)C(=O)N1CCC[C@H]1C(=O)N[C@H](CCCN=C(N)N)C(=O)NCC(N)=O. The minimum atomic E-state index is -1.68. The van der Waals surface area contributed by atoms with Crippen LogP contribution < -0.4 is 60.2 Å². The Morgan fingerprint density at radius 1 is 0.712 bits per heavy atom. The van der Waals surface area contributed by atoms with Gasteiger partial charge in [-0.3, -0.25) is 52.9 Å². The topological polar surface area (TPSA) is 395 Å². The van der Waals surface area contributed by atoms with E-state index in [0.29, 0.717) is 24.0 Å². The van der Waals surface area contributed by atoms with Gasteiger partial charge in [0.2, 0.25) is 59.1 Å². The molecule has 0 unspecified atom stereocenters. The number of nitrogens with zero attached hydrogens (tertiary/aromatic N) is 2. The van der Waals surface area contributed by atoms with Crippen LogP contribution in [0.25, 0.3) is 0 Å². The number of primary amides is 2. The Bertz CT molecular complexity index is 2270. The van der Waals surface area contributed by atoms with E-state index in [1.54, 1.807) is 56.3 Å². The van der Waals surface area contributed by atoms with Gasteiger partial charge < -0.3 is 70.2 Å². The van der Waals surface area contributed by atoms with Crippen LogP contribution in [0.2, 0.25) is 0 Å². The molecule has 16 N–H and O–H groups in total. The first-order valence-corrected chi connectivity index (χ1v) is 25.0. The zero-order chi connectivity index (χ0) is 54.2. The summed E-state index contributed by atoms with van der Waals surface area (Å²) in [6.07, 6.45) is 0.338. The number of thiol groups is 2. The molecule has 1 aliphatic rings. The summed E-state index contributed by atoms with van der Waals surface area (Å²) >= 11 is 8.43. The van der Waals surface area contributed by atoms with Crippen LogP contribution in [0.5, 0.6) is 5.75 Å². The van der Waals surface area contributed by atoms with Crippen LogP contribution in [0, 0.1) is 5.92 Å². The summed E-state index contributed by atoms with van der Waals surface area (Å²) in [5.41, 5.74) is 22.7. The maximum absolute atomic E-state index is 14.2. The van der Waals surface area contributed by atoms with Crippen molar-refractivity contribution < 1.29 is 53.1 Å². The molecule has 8 atom stereocenters. The van der Waals surface area contributed by atoms with Gasteiger partial charge in [0.05, 0.1) is 13.0 Å². The van der Waals surface area contributed by atoms with Crippen molar-refractivity contribution >= 4 is 90.3 Å². The van der Waals surface area contributed by atoms with Gasteiger partial charge in [0, 0.05) is 38.1 Å². The van der Waals surface area contributed by atoms with Gasteiger partial charge in [0.1, 0.15) is 48.0 Å². The molecule has 24 nitrogen and oxygen atoms in total. The molecule has 0 radical (unpaired) electrons. The van der Waals surface area contributed by atoms with E-state index in [9.17, 15) is 53.1 Å². The van der Waals surface area contributed by atoms with E-state index in [1.807, 2.05) is 0 Å². The lowest BCUT2D eigenvalue weighted by Crippen LogP contribution is -2.61. The van der Waals surface area contributed by atoms with Crippen LogP contribution in [0.4, 0.5) is 0 Å². The lowest BCUT2D eigenvalue weighted by atomic mass is 9.97. The number of amides is 10. The second-order valence-electron chi connectivity index (χ2n) is 17.4. The number of aromatic hydroxyl groups is 1. The molecule has 26 heteroatoms. The standard InChI is InChI=1S/C47H69N13O11S2/c1-3-26(2)39(45(70)58-34(25-73)46(71)60-19-8-12-35(60)44(69)55-30(11-7-18-52-47(50)51)40(65)53-24-37(49)63)59-43(68)33(23-36(48)62)57-42(67)32(21-27-9-5-4-6-10-27)56-41(66)31(54-38(64)17-20-72)22-28-13-15-29(61)16-14-28/h4-6,9-10,13-16,26,30-35,39,61,72-73H,3,7-8,11-12,17-25H2,1-2H3,(H2,48,62)(H2,49,63)(H,53,65)(H,54,64)(H,55,69)(H,56,66)(H,57,67)(H,58,70)(H,59,68)(H4,50,51,52)/t26-,30+,31-,32-,33-,34-,35-,39-/m0/s1. The zero-order valence-electron chi connectivity index (χ0n) is 40.8. The number of hydrogen-bond donors (Lipinski definition) is 14. The van der Waals surface area contributed by atoms with E-state index >= 15 is 0 Å². The number of benzene rings is 2. The first kappa shape index (κ1) is 60.2. The first-order valence-electron chi connectivity index (χ1n) is 23.7. The number of hydrogen-bond acceptors (Lipinski definition) is 14. The molecule has 1 aliphatic heterocycles. The number of guanidine groups is 1. The van der Waals surface area contributed by atoms with E-state index in [-0.39, 0.29) is 74.8 Å². The Labute approximate surface area is 434 Å². The number of nitrogens with two attached hydrogens (primary N) is 4. The number of rotatable bonds is 30. The van der Waals surface area contributed by atoms with Crippen LogP contribution in [0.1, 0.15) is 69.9 Å². The highest BCUT2D eigenvalue weighted by Crippen LogP contribution is 2.20. The Kier molecular flexibility index (Phi) is 25.3. The third-order valence-electron chi connectivity index (χ3n) is 11.8. The lowest BCUT2D eigenvalue weighted by Gasteiger charge is -2.31. The quantitative estimate of drug-likeness (QED) is 0.0160. The van der Waals surface area contributed by atoms with Crippen molar-refractivity contribution in [2.45, 2.75) is 114 Å². The zero-order valence-corrected chi connectivity index (χ0v) is 42.6. The monoisotopic (exact) mass is 1060 g/mol. The minimum absolute atomic E-state index is 0.0176. The third kappa shape index (κ3) is 20.5. The summed E-state index contributed by atoms with van der Waals surface area (Å²) in [5, 5.41) is 27.9. The average molecular weight is 1060 g/mol. The van der Waals surface area contributed by atoms with Gasteiger partial charge in [0.15, 0.2) is 5.96 Å². The second kappa shape index (κ2) is 30.7. The van der Waals surface area contributed by atoms with Crippen molar-refractivity contribution in [1.82, 2.24) is 42.1 Å². The molecule has 0 spiro atoms. The van der Waals surface area contributed by atoms with Gasteiger partial charge in [-0.05, 0) is 60.6 Å². The molecular formula is C47H69N13O11S2. The highest BCUT2D eigenvalue weighted by molar-refractivity contribution is 7.80. The number of likely N-dealkylation sites (tertiary alicyclic amines) is 1. The highest BCUT2D eigenvalue weighted by Gasteiger charge is 2.40. The summed E-state index contributed by atoms with van der Waals surface area (Å²) in [7, 11) is 0. The fraction of sp³-hybridized carbons (Fsp3) is 0.511. The molecule has 10 amide bonds. The number of carbonyl (C=O) groups is 10. The third-order valence-corrected chi connectivity index (χ3v) is 12.4. The summed E-state index contributed by atoms with van der Waals surface area (Å²) in [5.74, 6) is -8.74. The number of phenols is 1. The molecule has 0 aromatic heterocycles. The van der Waals surface area contributed by atoms with Crippen LogP contribution in [0.3, 0.4) is 0 Å². The summed E-state index contributed by atoms with van der Waals surface area (Å²) < 4.78 is 0. The number of aliphatic imine (C=N–C) groups is 1. The first-order chi connectivity index (χ1) is 34.7. The van der Waals surface area contributed by atoms with E-state index in [4.69, 9.17) is 22.9 Å². The molecule has 3 rings (SSSR count). The van der Waals surface area contributed by atoms with E-state index < -0.39 is 120 Å². The van der Waals surface area contributed by atoms with Gasteiger partial charge in [-0.25, -0.2) is 0 Å². The maximum Gasteiger partial charge on any atom is 0.246 e. The molecule has 2 aromatic rings. The molecule has 2 aromatic carbocycles. The Morgan fingerprint density at radius 2 is 1.30 bits per heavy atom. The van der Waals surface area contributed by atoms with Crippen molar-refractivity contribution in [3.63, 3.8) is 0 Å². The smallest absolute Gasteiger partial charge is 0.246 e. The molecule has 73 heavy (non-hydrogen) atoms. The van der Waals surface area contributed by atoms with Crippen LogP contribution in [-0.4, -0.2) is 148 Å². The Balaban J connectivity index is 1.83. The normalized spacial score (nSPS) is 15.8. The van der Waals surface area contributed by atoms with Gasteiger partial charge in [0.25, 0.3) is 0 Å². The van der Waals surface area contributed by atoms with Gasteiger partial charge in [-0.15, -0.1) is 0 Å². The molecule has 1 heterocycles. The summed E-state index contributed by atoms with van der Waals surface area (Å²) in [4.78, 5) is 139. The van der Waals surface area contributed by atoms with Crippen molar-refractivity contribution in [1.29, 1.82) is 0 Å². The molecule has 1 saturated heterocycles. The number of carbonyl (C=O) groups excluding carboxylic acids is 10. The Morgan fingerprint density at radius 3 is 1.88 bits per heavy atom. The summed E-state index contributed by atoms with van der Waals surface area (Å²) in [6, 6.07) is 5.33. The van der Waals surface area contributed by atoms with E-state index in [2.05, 4.69) is 67.5 Å². The molecule has 0 bridgehead atoms. The van der Waals surface area contributed by atoms with Crippen LogP contribution in [0.15, 0.2) is 59.6 Å². The Hall–Kier alpha value is -7.09. The number of nitrogens with one attached hydrogen (secondary N) is 7. The highest BCUT2D eigenvalue weighted by atomic mass is 32.1. The van der Waals surface area contributed by atoms with Gasteiger partial charge >= 0.3 is 0 Å². The molecule has 1 fully saturated rings. The second-order valence-corrected chi connectivity index (χ2v) is 18.3. The maximum atomic E-state index is 14.2. The van der Waals surface area contributed by atoms with Crippen molar-refractivity contribution in [3.8, 4) is 5.75 Å². The molecule has 0 aliphatic carbocycles. The van der Waals surface area contributed by atoms with Gasteiger partial charge in [-0.1, -0.05) is 62.7 Å². The van der Waals surface area contributed by atoms with Crippen LogP contribution in [-0.2, 0) is 60.8 Å². The van der Waals surface area contributed by atoms with Crippen molar-refractivity contribution in [2.24, 2.45) is 33.8 Å². The fourth-order valence-electron chi connectivity index (χ4n) is 7.70. The van der Waals surface area contributed by atoms with E-state index in [0.717, 1.165) is 0 Å². The predicted molar refractivity (Wildman–Crippen MR) is 276 cm³/mol. The fourth-order valence-corrected chi connectivity index (χ4v) is 8.15. The molecular weight excluding hydrogens is 987 g/mol. The van der Waals surface area contributed by atoms with E-state index in [1.165, 1.54) is 17.0 Å². The largest absolute Gasteiger partial charge is 0.508 e.